The highest BCUT2D eigenvalue weighted by atomic mass is 16.2. The van der Waals surface area contributed by atoms with E-state index in [9.17, 15) is 4.79 Å². The van der Waals surface area contributed by atoms with E-state index < -0.39 is 0 Å². The fraction of sp³-hybridized carbons (Fsp3) is 0.591. The molecule has 4 rings (SSSR count). The Morgan fingerprint density at radius 2 is 1.93 bits per heavy atom. The summed E-state index contributed by atoms with van der Waals surface area (Å²) in [5, 5.41) is 4.73. The fourth-order valence-corrected chi connectivity index (χ4v) is 3.92. The third-order valence-electron chi connectivity index (χ3n) is 5.65. The Labute approximate surface area is 161 Å². The van der Waals surface area contributed by atoms with E-state index in [0.29, 0.717) is 18.3 Å². The molecule has 1 fully saturated rings. The number of amides is 1. The van der Waals surface area contributed by atoms with Crippen molar-refractivity contribution in [2.45, 2.75) is 71.4 Å². The van der Waals surface area contributed by atoms with Crippen LogP contribution in [0, 0.1) is 12.8 Å². The first kappa shape index (κ1) is 18.2. The van der Waals surface area contributed by atoms with E-state index in [1.165, 1.54) is 24.0 Å². The molecule has 0 unspecified atom stereocenters. The summed E-state index contributed by atoms with van der Waals surface area (Å²) < 4.78 is 2.06. The highest BCUT2D eigenvalue weighted by Gasteiger charge is 2.36. The van der Waals surface area contributed by atoms with Gasteiger partial charge in [-0.15, -0.1) is 0 Å². The largest absolute Gasteiger partial charge is 0.331 e. The van der Waals surface area contributed by atoms with Crippen LogP contribution in [0.25, 0.3) is 0 Å². The lowest BCUT2D eigenvalue weighted by Gasteiger charge is -2.36. The smallest absolute Gasteiger partial charge is 0.223 e. The van der Waals surface area contributed by atoms with Gasteiger partial charge in [0.2, 0.25) is 5.91 Å². The number of fused-ring (bicyclic) bond motifs is 1. The summed E-state index contributed by atoms with van der Waals surface area (Å²) >= 11 is 0. The zero-order chi connectivity index (χ0) is 19.0. The Balaban J connectivity index is 1.49. The SMILES string of the molecule is Cc1ccc(CCC(=O)N2CCn3nc(C4CC4)nc3[C@@H]2CC(C)C)cc1. The minimum Gasteiger partial charge on any atom is -0.331 e. The second kappa shape index (κ2) is 7.45. The van der Waals surface area contributed by atoms with Crippen LogP contribution in [0.1, 0.15) is 74.3 Å². The van der Waals surface area contributed by atoms with Gasteiger partial charge in [0.05, 0.1) is 12.6 Å². The molecule has 1 amide bonds. The molecule has 1 aromatic carbocycles. The van der Waals surface area contributed by atoms with E-state index in [4.69, 9.17) is 10.1 Å². The summed E-state index contributed by atoms with van der Waals surface area (Å²) in [7, 11) is 0. The van der Waals surface area contributed by atoms with Gasteiger partial charge in [0, 0.05) is 18.9 Å². The van der Waals surface area contributed by atoms with Crippen LogP contribution in [0.15, 0.2) is 24.3 Å². The number of hydrogen-bond acceptors (Lipinski definition) is 3. The molecule has 1 aromatic heterocycles. The number of carbonyl (C=O) groups is 1. The second-order valence-electron chi connectivity index (χ2n) is 8.54. The predicted octanol–water partition coefficient (Wildman–Crippen LogP) is 4.03. The van der Waals surface area contributed by atoms with Gasteiger partial charge in [-0.05, 0) is 44.1 Å². The quantitative estimate of drug-likeness (QED) is 0.776. The summed E-state index contributed by atoms with van der Waals surface area (Å²) in [5.74, 6) is 3.29. The second-order valence-corrected chi connectivity index (χ2v) is 8.54. The van der Waals surface area contributed by atoms with E-state index in [1.54, 1.807) is 0 Å². The van der Waals surface area contributed by atoms with Gasteiger partial charge in [-0.25, -0.2) is 9.67 Å². The summed E-state index contributed by atoms with van der Waals surface area (Å²) in [4.78, 5) is 20.0. The van der Waals surface area contributed by atoms with Crippen LogP contribution >= 0.6 is 0 Å². The molecule has 0 radical (unpaired) electrons. The molecule has 2 aromatic rings. The number of nitrogens with zero attached hydrogens (tertiary/aromatic N) is 4. The highest BCUT2D eigenvalue weighted by molar-refractivity contribution is 5.77. The summed E-state index contributed by atoms with van der Waals surface area (Å²) in [6.07, 6.45) is 4.71. The van der Waals surface area contributed by atoms with Crippen molar-refractivity contribution in [1.82, 2.24) is 19.7 Å². The highest BCUT2D eigenvalue weighted by Crippen LogP contribution is 2.40. The van der Waals surface area contributed by atoms with E-state index in [0.717, 1.165) is 37.6 Å². The first-order valence-corrected chi connectivity index (χ1v) is 10.3. The Kier molecular flexibility index (Phi) is 5.02. The predicted molar refractivity (Wildman–Crippen MR) is 105 cm³/mol. The number of aromatic nitrogens is 3. The van der Waals surface area contributed by atoms with Crippen LogP contribution in [0.2, 0.25) is 0 Å². The van der Waals surface area contributed by atoms with Crippen LogP contribution in [0.5, 0.6) is 0 Å². The van der Waals surface area contributed by atoms with Gasteiger partial charge in [-0.1, -0.05) is 43.7 Å². The number of hydrogen-bond donors (Lipinski definition) is 0. The molecule has 1 aliphatic heterocycles. The lowest BCUT2D eigenvalue weighted by Crippen LogP contribution is -2.43. The van der Waals surface area contributed by atoms with Crippen LogP contribution in [-0.4, -0.2) is 32.1 Å². The van der Waals surface area contributed by atoms with Crippen molar-refractivity contribution in [3.05, 3.63) is 47.0 Å². The first-order chi connectivity index (χ1) is 13.0. The van der Waals surface area contributed by atoms with Gasteiger partial charge in [0.25, 0.3) is 0 Å². The topological polar surface area (TPSA) is 51.0 Å². The lowest BCUT2D eigenvalue weighted by molar-refractivity contribution is -0.135. The summed E-state index contributed by atoms with van der Waals surface area (Å²) in [5.41, 5.74) is 2.48. The zero-order valence-electron chi connectivity index (χ0n) is 16.7. The molecule has 0 saturated heterocycles. The number of carbonyl (C=O) groups excluding carboxylic acids is 1. The molecule has 2 aliphatic rings. The molecule has 2 heterocycles. The molecule has 144 valence electrons. The minimum atomic E-state index is 0.0595. The normalized spacial score (nSPS) is 19.4. The van der Waals surface area contributed by atoms with Gasteiger partial charge in [-0.2, -0.15) is 5.10 Å². The lowest BCUT2D eigenvalue weighted by atomic mass is 9.99. The van der Waals surface area contributed by atoms with Crippen LogP contribution in [0.4, 0.5) is 0 Å². The number of rotatable bonds is 6. The van der Waals surface area contributed by atoms with E-state index in [-0.39, 0.29) is 11.9 Å². The van der Waals surface area contributed by atoms with E-state index in [1.807, 2.05) is 0 Å². The van der Waals surface area contributed by atoms with Crippen molar-refractivity contribution >= 4 is 5.91 Å². The molecule has 1 atom stereocenters. The first-order valence-electron chi connectivity index (χ1n) is 10.3. The molecule has 0 bridgehead atoms. The molecule has 1 aliphatic carbocycles. The zero-order valence-corrected chi connectivity index (χ0v) is 16.7. The third-order valence-corrected chi connectivity index (χ3v) is 5.65. The van der Waals surface area contributed by atoms with Gasteiger partial charge >= 0.3 is 0 Å². The van der Waals surface area contributed by atoms with Crippen molar-refractivity contribution in [2.75, 3.05) is 6.54 Å². The molecule has 5 nitrogen and oxygen atoms in total. The maximum Gasteiger partial charge on any atom is 0.223 e. The molecule has 1 saturated carbocycles. The maximum atomic E-state index is 13.1. The summed E-state index contributed by atoms with van der Waals surface area (Å²) in [6, 6.07) is 8.55. The van der Waals surface area contributed by atoms with Crippen molar-refractivity contribution in [3.8, 4) is 0 Å². The van der Waals surface area contributed by atoms with Crippen molar-refractivity contribution in [3.63, 3.8) is 0 Å². The standard InChI is InChI=1S/C22H30N4O/c1-15(2)14-19-22-23-21(18-9-10-18)24-26(22)13-12-25(19)20(27)11-8-17-6-4-16(3)5-7-17/h4-7,15,18-19H,8-14H2,1-3H3/t19-/m0/s1. The molecular formula is C22H30N4O. The molecule has 5 heteroatoms. The van der Waals surface area contributed by atoms with Gasteiger partial charge in [0.1, 0.15) is 5.82 Å². The molecule has 0 spiro atoms. The average molecular weight is 367 g/mol. The number of aryl methyl sites for hydroxylation is 2. The van der Waals surface area contributed by atoms with Gasteiger partial charge in [0.15, 0.2) is 5.82 Å². The molecule has 27 heavy (non-hydrogen) atoms. The fourth-order valence-electron chi connectivity index (χ4n) is 3.92. The van der Waals surface area contributed by atoms with Gasteiger partial charge in [-0.3, -0.25) is 4.79 Å². The van der Waals surface area contributed by atoms with Crippen molar-refractivity contribution < 1.29 is 4.79 Å². The number of benzene rings is 1. The third kappa shape index (κ3) is 4.07. The Bertz CT molecular complexity index is 804. The Morgan fingerprint density at radius 3 is 2.59 bits per heavy atom. The van der Waals surface area contributed by atoms with E-state index in [2.05, 4.69) is 54.6 Å². The monoisotopic (exact) mass is 366 g/mol. The average Bonchev–Trinajstić information content (AvgIpc) is 3.40. The minimum absolute atomic E-state index is 0.0595. The molecular weight excluding hydrogens is 336 g/mol. The van der Waals surface area contributed by atoms with Crippen molar-refractivity contribution in [2.24, 2.45) is 5.92 Å². The Hall–Kier alpha value is -2.17. The molecule has 0 N–H and O–H groups in total. The van der Waals surface area contributed by atoms with Crippen LogP contribution in [0.3, 0.4) is 0 Å². The van der Waals surface area contributed by atoms with Crippen LogP contribution in [-0.2, 0) is 17.8 Å². The maximum absolute atomic E-state index is 13.1. The van der Waals surface area contributed by atoms with Crippen LogP contribution < -0.4 is 0 Å². The summed E-state index contributed by atoms with van der Waals surface area (Å²) in [6.45, 7) is 8.02. The van der Waals surface area contributed by atoms with Crippen molar-refractivity contribution in [1.29, 1.82) is 0 Å². The van der Waals surface area contributed by atoms with E-state index >= 15 is 0 Å². The Morgan fingerprint density at radius 1 is 1.19 bits per heavy atom. The van der Waals surface area contributed by atoms with Gasteiger partial charge < -0.3 is 4.90 Å².